The van der Waals surface area contributed by atoms with Gasteiger partial charge in [0.2, 0.25) is 0 Å². The van der Waals surface area contributed by atoms with Crippen LogP contribution in [-0.4, -0.2) is 19.7 Å². The van der Waals surface area contributed by atoms with Gasteiger partial charge in [-0.25, -0.2) is 4.79 Å². The molecule has 0 spiro atoms. The van der Waals surface area contributed by atoms with Crippen LogP contribution in [0.15, 0.2) is 18.2 Å². The van der Waals surface area contributed by atoms with Crippen molar-refractivity contribution in [3.05, 3.63) is 29.3 Å². The number of amides is 1. The van der Waals surface area contributed by atoms with E-state index in [0.717, 1.165) is 5.69 Å². The lowest BCUT2D eigenvalue weighted by Gasteiger charge is -2.28. The molecule has 0 N–H and O–H groups in total. The second-order valence-corrected chi connectivity index (χ2v) is 7.53. The number of anilines is 1. The van der Waals surface area contributed by atoms with Crippen molar-refractivity contribution in [2.24, 2.45) is 0 Å². The van der Waals surface area contributed by atoms with Gasteiger partial charge in [0.05, 0.1) is 6.61 Å². The molecular weight excluding hydrogens is 262 g/mol. The predicted molar refractivity (Wildman–Crippen MR) is 89.3 cm³/mol. The molecule has 21 heavy (non-hydrogen) atoms. The third kappa shape index (κ3) is 4.48. The summed E-state index contributed by atoms with van der Waals surface area (Å²) in [5.41, 5.74) is 3.39. The van der Waals surface area contributed by atoms with Crippen LogP contribution in [0.2, 0.25) is 0 Å². The fourth-order valence-corrected chi connectivity index (χ4v) is 2.00. The van der Waals surface area contributed by atoms with Crippen molar-refractivity contribution in [2.45, 2.75) is 59.3 Å². The minimum Gasteiger partial charge on any atom is -0.449 e. The van der Waals surface area contributed by atoms with Crippen molar-refractivity contribution in [3.63, 3.8) is 0 Å². The molecule has 0 saturated heterocycles. The van der Waals surface area contributed by atoms with Crippen LogP contribution in [0.25, 0.3) is 0 Å². The van der Waals surface area contributed by atoms with E-state index in [-0.39, 0.29) is 16.9 Å². The number of hydrogen-bond donors (Lipinski definition) is 0. The second kappa shape index (κ2) is 6.08. The average molecular weight is 291 g/mol. The highest BCUT2D eigenvalue weighted by Gasteiger charge is 2.22. The molecule has 0 unspecified atom stereocenters. The van der Waals surface area contributed by atoms with Crippen molar-refractivity contribution >= 4 is 11.8 Å². The first-order valence-corrected chi connectivity index (χ1v) is 7.53. The maximum atomic E-state index is 12.0. The minimum absolute atomic E-state index is 0.0332. The first-order chi connectivity index (χ1) is 9.46. The Bertz CT molecular complexity index is 475. The Balaban J connectivity index is 3.35. The van der Waals surface area contributed by atoms with E-state index in [1.807, 2.05) is 6.92 Å². The molecule has 3 heteroatoms. The number of rotatable bonds is 2. The number of nitrogens with zero attached hydrogens (tertiary/aromatic N) is 1. The molecule has 0 aromatic heterocycles. The molecule has 1 rings (SSSR count). The third-order valence-electron chi connectivity index (χ3n) is 3.58. The van der Waals surface area contributed by atoms with Gasteiger partial charge in [0.15, 0.2) is 0 Å². The molecule has 118 valence electrons. The molecule has 0 saturated carbocycles. The Morgan fingerprint density at radius 3 is 1.76 bits per heavy atom. The third-order valence-corrected chi connectivity index (χ3v) is 3.58. The summed E-state index contributed by atoms with van der Waals surface area (Å²) in [6, 6.07) is 6.39. The van der Waals surface area contributed by atoms with E-state index < -0.39 is 0 Å². The summed E-state index contributed by atoms with van der Waals surface area (Å²) in [6.07, 6.45) is -0.316. The molecule has 1 aromatic rings. The Morgan fingerprint density at radius 1 is 1.00 bits per heavy atom. The predicted octanol–water partition coefficient (Wildman–Crippen LogP) is 4.87. The van der Waals surface area contributed by atoms with Crippen molar-refractivity contribution in [1.29, 1.82) is 0 Å². The SMILES string of the molecule is CCOC(=O)N(C)c1cc(C(C)(C)C)cc(C(C)(C)C)c1. The van der Waals surface area contributed by atoms with Crippen LogP contribution in [0, 0.1) is 0 Å². The van der Waals surface area contributed by atoms with E-state index in [9.17, 15) is 4.79 Å². The van der Waals surface area contributed by atoms with Gasteiger partial charge in [-0.1, -0.05) is 47.6 Å². The zero-order chi connectivity index (χ0) is 16.4. The zero-order valence-electron chi connectivity index (χ0n) is 14.7. The van der Waals surface area contributed by atoms with E-state index >= 15 is 0 Å². The van der Waals surface area contributed by atoms with Crippen LogP contribution in [0.5, 0.6) is 0 Å². The van der Waals surface area contributed by atoms with E-state index in [1.54, 1.807) is 11.9 Å². The average Bonchev–Trinajstić information content (AvgIpc) is 2.35. The summed E-state index contributed by atoms with van der Waals surface area (Å²) >= 11 is 0. The van der Waals surface area contributed by atoms with Gasteiger partial charge in [-0.15, -0.1) is 0 Å². The van der Waals surface area contributed by atoms with Crippen molar-refractivity contribution < 1.29 is 9.53 Å². The van der Waals surface area contributed by atoms with Gasteiger partial charge < -0.3 is 4.74 Å². The zero-order valence-corrected chi connectivity index (χ0v) is 14.7. The maximum Gasteiger partial charge on any atom is 0.413 e. The smallest absolute Gasteiger partial charge is 0.413 e. The largest absolute Gasteiger partial charge is 0.449 e. The van der Waals surface area contributed by atoms with Crippen LogP contribution >= 0.6 is 0 Å². The molecule has 0 aliphatic rings. The van der Waals surface area contributed by atoms with Gasteiger partial charge in [-0.2, -0.15) is 0 Å². The highest BCUT2D eigenvalue weighted by atomic mass is 16.6. The van der Waals surface area contributed by atoms with Gasteiger partial charge in [0, 0.05) is 12.7 Å². The molecule has 0 fully saturated rings. The van der Waals surface area contributed by atoms with Gasteiger partial charge >= 0.3 is 6.09 Å². The van der Waals surface area contributed by atoms with Crippen LogP contribution < -0.4 is 4.90 Å². The fraction of sp³-hybridized carbons (Fsp3) is 0.611. The lowest BCUT2D eigenvalue weighted by atomic mass is 9.80. The molecule has 0 aliphatic carbocycles. The van der Waals surface area contributed by atoms with Crippen molar-refractivity contribution in [1.82, 2.24) is 0 Å². The topological polar surface area (TPSA) is 29.5 Å². The first kappa shape index (κ1) is 17.5. The number of carbonyl (C=O) groups is 1. The molecule has 1 aromatic carbocycles. The molecule has 0 bridgehead atoms. The number of hydrogen-bond acceptors (Lipinski definition) is 2. The lowest BCUT2D eigenvalue weighted by molar-refractivity contribution is 0.161. The second-order valence-electron chi connectivity index (χ2n) is 7.53. The Hall–Kier alpha value is -1.51. The Morgan fingerprint density at radius 2 is 1.43 bits per heavy atom. The number of carbonyl (C=O) groups excluding carboxylic acids is 1. The summed E-state index contributed by atoms with van der Waals surface area (Å²) in [5.74, 6) is 0. The molecule has 1 amide bonds. The summed E-state index contributed by atoms with van der Waals surface area (Å²) in [4.78, 5) is 13.5. The summed E-state index contributed by atoms with van der Waals surface area (Å²) in [6.45, 7) is 15.3. The summed E-state index contributed by atoms with van der Waals surface area (Å²) in [5, 5.41) is 0. The number of benzene rings is 1. The van der Waals surface area contributed by atoms with Crippen LogP contribution in [-0.2, 0) is 15.6 Å². The van der Waals surface area contributed by atoms with E-state index in [2.05, 4.69) is 59.7 Å². The normalized spacial score (nSPS) is 12.2. The van der Waals surface area contributed by atoms with Crippen molar-refractivity contribution in [2.75, 3.05) is 18.6 Å². The van der Waals surface area contributed by atoms with E-state index in [4.69, 9.17) is 4.74 Å². The summed E-state index contributed by atoms with van der Waals surface area (Å²) in [7, 11) is 1.76. The standard InChI is InChI=1S/C18H29NO2/c1-9-21-16(20)19(8)15-11-13(17(2,3)4)10-14(12-15)18(5,6)7/h10-12H,9H2,1-8H3. The molecule has 0 heterocycles. The van der Waals surface area contributed by atoms with E-state index in [0.29, 0.717) is 6.61 Å². The van der Waals surface area contributed by atoms with Gasteiger partial charge in [0.25, 0.3) is 0 Å². The van der Waals surface area contributed by atoms with Crippen LogP contribution in [0.1, 0.15) is 59.6 Å². The summed E-state index contributed by atoms with van der Waals surface area (Å²) < 4.78 is 5.10. The first-order valence-electron chi connectivity index (χ1n) is 7.53. The fourth-order valence-electron chi connectivity index (χ4n) is 2.00. The monoisotopic (exact) mass is 291 g/mol. The van der Waals surface area contributed by atoms with Crippen LogP contribution in [0.3, 0.4) is 0 Å². The minimum atomic E-state index is -0.316. The van der Waals surface area contributed by atoms with Crippen molar-refractivity contribution in [3.8, 4) is 0 Å². The Labute approximate surface area is 129 Å². The highest BCUT2D eigenvalue weighted by molar-refractivity contribution is 5.87. The number of ether oxygens (including phenoxy) is 1. The molecule has 3 nitrogen and oxygen atoms in total. The van der Waals surface area contributed by atoms with E-state index in [1.165, 1.54) is 11.1 Å². The Kier molecular flexibility index (Phi) is 5.08. The highest BCUT2D eigenvalue weighted by Crippen LogP contribution is 2.33. The van der Waals surface area contributed by atoms with Crippen LogP contribution in [0.4, 0.5) is 10.5 Å². The lowest BCUT2D eigenvalue weighted by Crippen LogP contribution is -2.28. The molecular formula is C18H29NO2. The maximum absolute atomic E-state index is 12.0. The quantitative estimate of drug-likeness (QED) is 0.777. The molecule has 0 aliphatic heterocycles. The molecule has 0 atom stereocenters. The van der Waals surface area contributed by atoms with Gasteiger partial charge in [-0.3, -0.25) is 4.90 Å². The van der Waals surface area contributed by atoms with Gasteiger partial charge in [0.1, 0.15) is 0 Å². The van der Waals surface area contributed by atoms with Gasteiger partial charge in [-0.05, 0) is 41.0 Å². The molecule has 0 radical (unpaired) electrons.